The minimum Gasteiger partial charge on any atom is -0.482 e. The van der Waals surface area contributed by atoms with Gasteiger partial charge in [-0.1, -0.05) is 17.7 Å². The summed E-state index contributed by atoms with van der Waals surface area (Å²) in [5.74, 6) is -0.716. The topological polar surface area (TPSA) is 90.0 Å². The Kier molecular flexibility index (Phi) is 6.06. The maximum atomic E-state index is 12.0. The highest BCUT2D eigenvalue weighted by atomic mass is 35.5. The molecule has 1 saturated heterocycles. The summed E-state index contributed by atoms with van der Waals surface area (Å²) >= 11 is 5.79. The van der Waals surface area contributed by atoms with Gasteiger partial charge in [0, 0.05) is 18.1 Å². The standard InChI is InChI=1S/C15H18ClNO6S/c1-17(12-5-6-24(20,21)10-12)14(18)8-23-15(19)9-22-13-4-2-3-11(16)7-13/h2-4,7,12H,5-6,8-10H2,1H3. The molecule has 1 atom stereocenters. The first-order valence-electron chi connectivity index (χ1n) is 7.27. The Labute approximate surface area is 145 Å². The smallest absolute Gasteiger partial charge is 0.344 e. The lowest BCUT2D eigenvalue weighted by Crippen LogP contribution is -2.40. The van der Waals surface area contributed by atoms with Crippen LogP contribution >= 0.6 is 11.6 Å². The molecule has 1 amide bonds. The van der Waals surface area contributed by atoms with E-state index in [1.54, 1.807) is 24.3 Å². The van der Waals surface area contributed by atoms with E-state index in [1.807, 2.05) is 0 Å². The van der Waals surface area contributed by atoms with E-state index in [1.165, 1.54) is 11.9 Å². The van der Waals surface area contributed by atoms with Crippen LogP contribution in [0.15, 0.2) is 24.3 Å². The van der Waals surface area contributed by atoms with E-state index in [-0.39, 0.29) is 24.2 Å². The number of rotatable bonds is 6. The number of carbonyl (C=O) groups excluding carboxylic acids is 2. The van der Waals surface area contributed by atoms with Crippen molar-refractivity contribution >= 4 is 33.3 Å². The van der Waals surface area contributed by atoms with Gasteiger partial charge in [-0.3, -0.25) is 4.79 Å². The Hall–Kier alpha value is -1.80. The Balaban J connectivity index is 1.74. The second-order valence-electron chi connectivity index (χ2n) is 5.47. The van der Waals surface area contributed by atoms with E-state index in [9.17, 15) is 18.0 Å². The van der Waals surface area contributed by atoms with E-state index in [2.05, 4.69) is 0 Å². The first-order chi connectivity index (χ1) is 11.3. The van der Waals surface area contributed by atoms with Crippen molar-refractivity contribution in [2.24, 2.45) is 0 Å². The third-order valence-corrected chi connectivity index (χ3v) is 5.64. The number of amides is 1. The first-order valence-corrected chi connectivity index (χ1v) is 9.47. The normalized spacial score (nSPS) is 18.8. The number of carbonyl (C=O) groups is 2. The summed E-state index contributed by atoms with van der Waals surface area (Å²) in [6.07, 6.45) is 0.399. The maximum absolute atomic E-state index is 12.0. The van der Waals surface area contributed by atoms with Gasteiger partial charge in [0.05, 0.1) is 11.5 Å². The van der Waals surface area contributed by atoms with Gasteiger partial charge < -0.3 is 14.4 Å². The number of benzene rings is 1. The Bertz CT molecular complexity index is 720. The lowest BCUT2D eigenvalue weighted by Gasteiger charge is -2.23. The first kappa shape index (κ1) is 18.5. The van der Waals surface area contributed by atoms with Crippen molar-refractivity contribution in [3.63, 3.8) is 0 Å². The number of ether oxygens (including phenoxy) is 2. The molecular weight excluding hydrogens is 358 g/mol. The average Bonchev–Trinajstić information content (AvgIpc) is 2.90. The molecule has 0 spiro atoms. The van der Waals surface area contributed by atoms with Crippen LogP contribution in [0.3, 0.4) is 0 Å². The zero-order valence-electron chi connectivity index (χ0n) is 13.1. The zero-order valence-corrected chi connectivity index (χ0v) is 14.7. The monoisotopic (exact) mass is 375 g/mol. The van der Waals surface area contributed by atoms with E-state index in [4.69, 9.17) is 21.1 Å². The summed E-state index contributed by atoms with van der Waals surface area (Å²) in [5, 5.41) is 0.476. The van der Waals surface area contributed by atoms with Crippen LogP contribution in [-0.2, 0) is 24.2 Å². The molecule has 9 heteroatoms. The Morgan fingerprint density at radius 2 is 2.08 bits per heavy atom. The molecule has 1 aliphatic rings. The molecule has 1 aliphatic heterocycles. The molecule has 2 rings (SSSR count). The number of hydrogen-bond donors (Lipinski definition) is 0. The zero-order chi connectivity index (χ0) is 17.7. The summed E-state index contributed by atoms with van der Waals surface area (Å²) in [5.41, 5.74) is 0. The van der Waals surface area contributed by atoms with Crippen LogP contribution in [0.1, 0.15) is 6.42 Å². The van der Waals surface area contributed by atoms with Crippen molar-refractivity contribution in [2.45, 2.75) is 12.5 Å². The number of hydrogen-bond acceptors (Lipinski definition) is 6. The minimum absolute atomic E-state index is 0.0545. The van der Waals surface area contributed by atoms with E-state index < -0.39 is 28.3 Å². The quantitative estimate of drug-likeness (QED) is 0.686. The third-order valence-electron chi connectivity index (χ3n) is 3.66. The van der Waals surface area contributed by atoms with Crippen molar-refractivity contribution in [2.75, 3.05) is 31.8 Å². The van der Waals surface area contributed by atoms with Crippen molar-refractivity contribution < 1.29 is 27.5 Å². The molecule has 1 unspecified atom stereocenters. The molecule has 1 heterocycles. The molecule has 0 saturated carbocycles. The Morgan fingerprint density at radius 3 is 2.71 bits per heavy atom. The summed E-state index contributed by atoms with van der Waals surface area (Å²) in [6.45, 7) is -0.806. The SMILES string of the molecule is CN(C(=O)COC(=O)COc1cccc(Cl)c1)C1CCS(=O)(=O)C1. The number of esters is 1. The van der Waals surface area contributed by atoms with Crippen molar-refractivity contribution in [1.29, 1.82) is 0 Å². The van der Waals surface area contributed by atoms with Crippen LogP contribution in [-0.4, -0.2) is 63.0 Å². The summed E-state index contributed by atoms with van der Waals surface area (Å²) < 4.78 is 32.9. The molecular formula is C15H18ClNO6S. The molecule has 1 fully saturated rings. The molecule has 132 valence electrons. The molecule has 0 aromatic heterocycles. The molecule has 24 heavy (non-hydrogen) atoms. The predicted octanol–water partition coefficient (Wildman–Crippen LogP) is 0.907. The van der Waals surface area contributed by atoms with Gasteiger partial charge in [-0.2, -0.15) is 0 Å². The van der Waals surface area contributed by atoms with Crippen LogP contribution in [0.5, 0.6) is 5.75 Å². The van der Waals surface area contributed by atoms with Crippen molar-refractivity contribution in [3.8, 4) is 5.75 Å². The fraction of sp³-hybridized carbons (Fsp3) is 0.467. The fourth-order valence-corrected chi connectivity index (χ4v) is 4.22. The number of sulfone groups is 1. The van der Waals surface area contributed by atoms with E-state index >= 15 is 0 Å². The van der Waals surface area contributed by atoms with Gasteiger partial charge in [-0.05, 0) is 24.6 Å². The molecule has 7 nitrogen and oxygen atoms in total. The molecule has 0 aliphatic carbocycles. The second kappa shape index (κ2) is 7.85. The summed E-state index contributed by atoms with van der Waals surface area (Å²) in [6, 6.07) is 6.16. The van der Waals surface area contributed by atoms with Gasteiger partial charge in [0.15, 0.2) is 23.1 Å². The van der Waals surface area contributed by atoms with Crippen LogP contribution in [0.2, 0.25) is 5.02 Å². The van der Waals surface area contributed by atoms with Crippen LogP contribution in [0, 0.1) is 0 Å². The van der Waals surface area contributed by atoms with Crippen LogP contribution in [0.25, 0.3) is 0 Å². The summed E-state index contributed by atoms with van der Waals surface area (Å²) in [7, 11) is -1.58. The lowest BCUT2D eigenvalue weighted by molar-refractivity contribution is -0.153. The predicted molar refractivity (Wildman–Crippen MR) is 87.7 cm³/mol. The van der Waals surface area contributed by atoms with Gasteiger partial charge in [-0.15, -0.1) is 0 Å². The van der Waals surface area contributed by atoms with E-state index in [0.717, 1.165) is 0 Å². The van der Waals surface area contributed by atoms with Gasteiger partial charge in [0.1, 0.15) is 5.75 Å². The number of likely N-dealkylation sites (N-methyl/N-ethyl adjacent to an activating group) is 1. The van der Waals surface area contributed by atoms with Crippen molar-refractivity contribution in [1.82, 2.24) is 4.90 Å². The highest BCUT2D eigenvalue weighted by molar-refractivity contribution is 7.91. The van der Waals surface area contributed by atoms with Crippen molar-refractivity contribution in [3.05, 3.63) is 29.3 Å². The van der Waals surface area contributed by atoms with Crippen LogP contribution in [0.4, 0.5) is 0 Å². The second-order valence-corrected chi connectivity index (χ2v) is 8.13. The number of halogens is 1. The van der Waals surface area contributed by atoms with Gasteiger partial charge in [0.25, 0.3) is 5.91 Å². The van der Waals surface area contributed by atoms with Gasteiger partial charge in [0.2, 0.25) is 0 Å². The molecule has 0 radical (unpaired) electrons. The fourth-order valence-electron chi connectivity index (χ4n) is 2.27. The number of nitrogens with zero attached hydrogens (tertiary/aromatic N) is 1. The summed E-state index contributed by atoms with van der Waals surface area (Å²) in [4.78, 5) is 24.9. The molecule has 0 bridgehead atoms. The largest absolute Gasteiger partial charge is 0.482 e. The van der Waals surface area contributed by atoms with Crippen LogP contribution < -0.4 is 4.74 Å². The maximum Gasteiger partial charge on any atom is 0.344 e. The highest BCUT2D eigenvalue weighted by Crippen LogP contribution is 2.17. The average molecular weight is 376 g/mol. The van der Waals surface area contributed by atoms with E-state index in [0.29, 0.717) is 17.2 Å². The Morgan fingerprint density at radius 1 is 1.33 bits per heavy atom. The molecule has 1 aromatic carbocycles. The minimum atomic E-state index is -3.08. The van der Waals surface area contributed by atoms with Gasteiger partial charge >= 0.3 is 5.97 Å². The molecule has 1 aromatic rings. The molecule has 0 N–H and O–H groups in total. The van der Waals surface area contributed by atoms with Gasteiger partial charge in [-0.25, -0.2) is 13.2 Å². The highest BCUT2D eigenvalue weighted by Gasteiger charge is 2.32. The lowest BCUT2D eigenvalue weighted by atomic mass is 10.2. The third kappa shape index (κ3) is 5.38.